The minimum atomic E-state index is -0.734. The van der Waals surface area contributed by atoms with Crippen molar-refractivity contribution >= 4 is 17.5 Å². The molecule has 1 atom stereocenters. The van der Waals surface area contributed by atoms with Gasteiger partial charge in [-0.15, -0.1) is 0 Å². The van der Waals surface area contributed by atoms with Gasteiger partial charge in [-0.25, -0.2) is 0 Å². The largest absolute Gasteiger partial charge is 0.483 e. The molecule has 3 rings (SSSR count). The minimum absolute atomic E-state index is 0.109. The first-order valence-corrected chi connectivity index (χ1v) is 8.43. The third-order valence-electron chi connectivity index (χ3n) is 4.24. The summed E-state index contributed by atoms with van der Waals surface area (Å²) in [5.41, 5.74) is 1.61. The minimum Gasteiger partial charge on any atom is -0.483 e. The molecule has 1 heterocycles. The zero-order valence-electron chi connectivity index (χ0n) is 15.1. The maximum Gasteiger partial charge on any atom is 0.265 e. The molecule has 0 spiro atoms. The zero-order chi connectivity index (χ0) is 18.7. The molecule has 2 aromatic carbocycles. The van der Waals surface area contributed by atoms with Crippen molar-refractivity contribution in [2.45, 2.75) is 13.0 Å². The van der Waals surface area contributed by atoms with Crippen molar-refractivity contribution in [3.05, 3.63) is 54.1 Å². The standard InChI is InChI=1S/C20H22N2O4/c1-14-8-4-6-10-16(14)25-13-19(23)22-12-18(20(24)21(2)3)26-17-11-7-5-9-15(17)22/h4-11,18H,12-13H2,1-3H3/t18-/m0/s1. The Bertz CT molecular complexity index is 819. The van der Waals surface area contributed by atoms with Crippen LogP contribution in [0.25, 0.3) is 0 Å². The molecule has 0 aliphatic carbocycles. The van der Waals surface area contributed by atoms with Crippen LogP contribution < -0.4 is 14.4 Å². The number of amides is 2. The van der Waals surface area contributed by atoms with Crippen LogP contribution >= 0.6 is 0 Å². The van der Waals surface area contributed by atoms with Crippen molar-refractivity contribution < 1.29 is 19.1 Å². The molecule has 2 amide bonds. The molecular formula is C20H22N2O4. The Labute approximate surface area is 152 Å². The lowest BCUT2D eigenvalue weighted by Crippen LogP contribution is -2.51. The number of aryl methyl sites for hydroxylation is 1. The van der Waals surface area contributed by atoms with Crippen molar-refractivity contribution in [2.75, 3.05) is 32.1 Å². The number of fused-ring (bicyclic) bond motifs is 1. The van der Waals surface area contributed by atoms with Crippen LogP contribution in [-0.2, 0) is 9.59 Å². The molecule has 136 valence electrons. The average Bonchev–Trinajstić information content (AvgIpc) is 2.65. The van der Waals surface area contributed by atoms with Gasteiger partial charge in [-0.05, 0) is 30.7 Å². The number of carbonyl (C=O) groups excluding carboxylic acids is 2. The van der Waals surface area contributed by atoms with Gasteiger partial charge in [0.25, 0.3) is 11.8 Å². The summed E-state index contributed by atoms with van der Waals surface area (Å²) >= 11 is 0. The summed E-state index contributed by atoms with van der Waals surface area (Å²) in [5.74, 6) is 0.782. The van der Waals surface area contributed by atoms with Gasteiger partial charge in [0, 0.05) is 14.1 Å². The molecule has 6 nitrogen and oxygen atoms in total. The van der Waals surface area contributed by atoms with E-state index in [1.54, 1.807) is 31.1 Å². The van der Waals surface area contributed by atoms with E-state index >= 15 is 0 Å². The summed E-state index contributed by atoms with van der Waals surface area (Å²) in [5, 5.41) is 0. The second kappa shape index (κ2) is 7.47. The van der Waals surface area contributed by atoms with Gasteiger partial charge in [0.15, 0.2) is 12.7 Å². The molecule has 1 aliphatic heterocycles. The molecule has 1 aliphatic rings. The van der Waals surface area contributed by atoms with Crippen LogP contribution in [0, 0.1) is 6.92 Å². The Kier molecular flexibility index (Phi) is 5.11. The highest BCUT2D eigenvalue weighted by Gasteiger charge is 2.34. The van der Waals surface area contributed by atoms with E-state index in [0.29, 0.717) is 17.2 Å². The van der Waals surface area contributed by atoms with Crippen LogP contribution in [0.15, 0.2) is 48.5 Å². The molecule has 2 aromatic rings. The zero-order valence-corrected chi connectivity index (χ0v) is 15.1. The topological polar surface area (TPSA) is 59.1 Å². The maximum atomic E-state index is 12.8. The monoisotopic (exact) mass is 354 g/mol. The smallest absolute Gasteiger partial charge is 0.265 e. The third kappa shape index (κ3) is 3.64. The number of ether oxygens (including phenoxy) is 2. The van der Waals surface area contributed by atoms with Crippen LogP contribution in [0.5, 0.6) is 11.5 Å². The van der Waals surface area contributed by atoms with Crippen molar-refractivity contribution in [1.29, 1.82) is 0 Å². The van der Waals surface area contributed by atoms with E-state index in [0.717, 1.165) is 5.56 Å². The average molecular weight is 354 g/mol. The molecular weight excluding hydrogens is 332 g/mol. The van der Waals surface area contributed by atoms with Crippen molar-refractivity contribution in [1.82, 2.24) is 4.90 Å². The van der Waals surface area contributed by atoms with Gasteiger partial charge in [-0.3, -0.25) is 9.59 Å². The Morgan fingerprint density at radius 3 is 2.58 bits per heavy atom. The van der Waals surface area contributed by atoms with E-state index < -0.39 is 6.10 Å². The predicted octanol–water partition coefficient (Wildman–Crippen LogP) is 2.26. The van der Waals surface area contributed by atoms with Gasteiger partial charge in [-0.1, -0.05) is 30.3 Å². The number of hydrogen-bond donors (Lipinski definition) is 0. The highest BCUT2D eigenvalue weighted by molar-refractivity contribution is 5.98. The van der Waals surface area contributed by atoms with Gasteiger partial charge in [0.05, 0.1) is 12.2 Å². The molecule has 0 fully saturated rings. The normalized spacial score (nSPS) is 15.7. The Morgan fingerprint density at radius 1 is 1.15 bits per heavy atom. The number of hydrogen-bond acceptors (Lipinski definition) is 4. The fourth-order valence-electron chi connectivity index (χ4n) is 2.82. The van der Waals surface area contributed by atoms with Crippen molar-refractivity contribution in [3.63, 3.8) is 0 Å². The van der Waals surface area contributed by atoms with Crippen LogP contribution in [0.4, 0.5) is 5.69 Å². The van der Waals surface area contributed by atoms with Gasteiger partial charge in [0.1, 0.15) is 11.5 Å². The molecule has 0 bridgehead atoms. The molecule has 6 heteroatoms. The maximum absolute atomic E-state index is 12.8. The Balaban J connectivity index is 1.79. The quantitative estimate of drug-likeness (QED) is 0.845. The molecule has 0 N–H and O–H groups in total. The number of likely N-dealkylation sites (N-methyl/N-ethyl adjacent to an activating group) is 1. The van der Waals surface area contributed by atoms with E-state index in [2.05, 4.69) is 0 Å². The molecule has 0 aromatic heterocycles. The van der Waals surface area contributed by atoms with E-state index in [1.165, 1.54) is 4.90 Å². The lowest BCUT2D eigenvalue weighted by molar-refractivity contribution is -0.136. The number of nitrogens with zero attached hydrogens (tertiary/aromatic N) is 2. The summed E-state index contributed by atoms with van der Waals surface area (Å²) < 4.78 is 11.5. The highest BCUT2D eigenvalue weighted by Crippen LogP contribution is 2.33. The number of para-hydroxylation sites is 3. The number of carbonyl (C=O) groups is 2. The number of rotatable bonds is 4. The summed E-state index contributed by atoms with van der Waals surface area (Å²) in [7, 11) is 3.33. The second-order valence-electron chi connectivity index (χ2n) is 6.37. The fraction of sp³-hybridized carbons (Fsp3) is 0.300. The highest BCUT2D eigenvalue weighted by atomic mass is 16.5. The fourth-order valence-corrected chi connectivity index (χ4v) is 2.82. The molecule has 0 radical (unpaired) electrons. The first-order valence-electron chi connectivity index (χ1n) is 8.43. The van der Waals surface area contributed by atoms with Gasteiger partial charge >= 0.3 is 0 Å². The third-order valence-corrected chi connectivity index (χ3v) is 4.24. The number of benzene rings is 2. The van der Waals surface area contributed by atoms with Crippen molar-refractivity contribution in [3.8, 4) is 11.5 Å². The SMILES string of the molecule is Cc1ccccc1OCC(=O)N1C[C@@H](C(=O)N(C)C)Oc2ccccc21. The molecule has 26 heavy (non-hydrogen) atoms. The van der Waals surface area contributed by atoms with Crippen LogP contribution in [0.1, 0.15) is 5.56 Å². The molecule has 0 saturated carbocycles. The van der Waals surface area contributed by atoms with Crippen LogP contribution in [0.3, 0.4) is 0 Å². The Hall–Kier alpha value is -3.02. The second-order valence-corrected chi connectivity index (χ2v) is 6.37. The lowest BCUT2D eigenvalue weighted by atomic mass is 10.1. The lowest BCUT2D eigenvalue weighted by Gasteiger charge is -2.35. The molecule has 0 unspecified atom stereocenters. The van der Waals surface area contributed by atoms with E-state index in [-0.39, 0.29) is 25.0 Å². The summed E-state index contributed by atoms with van der Waals surface area (Å²) in [6, 6.07) is 14.7. The summed E-state index contributed by atoms with van der Waals surface area (Å²) in [6.07, 6.45) is -0.734. The van der Waals surface area contributed by atoms with E-state index in [4.69, 9.17) is 9.47 Å². The van der Waals surface area contributed by atoms with Crippen molar-refractivity contribution in [2.24, 2.45) is 0 Å². The first kappa shape index (κ1) is 17.8. The van der Waals surface area contributed by atoms with E-state index in [1.807, 2.05) is 43.3 Å². The van der Waals surface area contributed by atoms with Crippen LogP contribution in [0.2, 0.25) is 0 Å². The van der Waals surface area contributed by atoms with Gasteiger partial charge in [-0.2, -0.15) is 0 Å². The van der Waals surface area contributed by atoms with Crippen LogP contribution in [-0.4, -0.2) is 50.1 Å². The van der Waals surface area contributed by atoms with Gasteiger partial charge in [0.2, 0.25) is 0 Å². The number of anilines is 1. The van der Waals surface area contributed by atoms with Gasteiger partial charge < -0.3 is 19.3 Å². The molecule has 0 saturated heterocycles. The predicted molar refractivity (Wildman–Crippen MR) is 98.6 cm³/mol. The summed E-state index contributed by atoms with van der Waals surface area (Å²) in [6.45, 7) is 1.97. The first-order chi connectivity index (χ1) is 12.5. The summed E-state index contributed by atoms with van der Waals surface area (Å²) in [4.78, 5) is 28.2. The van der Waals surface area contributed by atoms with E-state index in [9.17, 15) is 9.59 Å². The Morgan fingerprint density at radius 2 is 1.85 bits per heavy atom.